The van der Waals surface area contributed by atoms with Crippen molar-refractivity contribution in [1.82, 2.24) is 15.0 Å². The Hall–Kier alpha value is -3.61. The van der Waals surface area contributed by atoms with Gasteiger partial charge in [-0.25, -0.2) is 9.97 Å². The summed E-state index contributed by atoms with van der Waals surface area (Å²) in [7, 11) is 0. The minimum atomic E-state index is -0.367. The number of hydrogen-bond donors (Lipinski definition) is 2. The van der Waals surface area contributed by atoms with E-state index in [4.69, 9.17) is 0 Å². The fraction of sp³-hybridized carbons (Fsp3) is 0.150. The van der Waals surface area contributed by atoms with E-state index in [1.54, 1.807) is 49.6 Å². The first kappa shape index (κ1) is 18.2. The lowest BCUT2D eigenvalue weighted by Gasteiger charge is -2.09. The molecule has 7 heteroatoms. The van der Waals surface area contributed by atoms with Gasteiger partial charge in [-0.1, -0.05) is 12.1 Å². The minimum Gasteiger partial charge on any atom is -0.350 e. The average molecular weight is 361 g/mol. The second-order valence-electron chi connectivity index (χ2n) is 6.02. The number of ketones is 1. The van der Waals surface area contributed by atoms with Crippen LogP contribution in [0.4, 0.5) is 11.6 Å². The molecular formula is C20H19N5O2. The third-order valence-corrected chi connectivity index (χ3v) is 3.81. The molecule has 27 heavy (non-hydrogen) atoms. The Morgan fingerprint density at radius 1 is 1.04 bits per heavy atom. The van der Waals surface area contributed by atoms with Crippen molar-refractivity contribution in [2.75, 3.05) is 10.6 Å². The third kappa shape index (κ3) is 4.94. The summed E-state index contributed by atoms with van der Waals surface area (Å²) in [5, 5.41) is 5.87. The number of nitrogens with zero attached hydrogens (tertiary/aromatic N) is 3. The van der Waals surface area contributed by atoms with Gasteiger partial charge in [0.05, 0.1) is 0 Å². The van der Waals surface area contributed by atoms with E-state index in [1.807, 2.05) is 12.1 Å². The van der Waals surface area contributed by atoms with E-state index >= 15 is 0 Å². The summed E-state index contributed by atoms with van der Waals surface area (Å²) in [6, 6.07) is 12.2. The molecule has 3 rings (SSSR count). The highest BCUT2D eigenvalue weighted by molar-refractivity contribution is 6.04. The van der Waals surface area contributed by atoms with E-state index in [-0.39, 0.29) is 17.4 Å². The van der Waals surface area contributed by atoms with Gasteiger partial charge in [0.2, 0.25) is 5.95 Å². The van der Waals surface area contributed by atoms with Gasteiger partial charge in [-0.05, 0) is 49.7 Å². The van der Waals surface area contributed by atoms with Gasteiger partial charge in [-0.3, -0.25) is 14.6 Å². The quantitative estimate of drug-likeness (QED) is 0.654. The maximum Gasteiger partial charge on any atom is 0.274 e. The van der Waals surface area contributed by atoms with Crippen LogP contribution in [0.15, 0.2) is 54.9 Å². The molecule has 0 saturated carbocycles. The van der Waals surface area contributed by atoms with Crippen molar-refractivity contribution in [2.45, 2.75) is 20.4 Å². The molecule has 0 aliphatic carbocycles. The zero-order chi connectivity index (χ0) is 19.2. The second-order valence-corrected chi connectivity index (χ2v) is 6.02. The van der Waals surface area contributed by atoms with Gasteiger partial charge in [0.15, 0.2) is 5.78 Å². The van der Waals surface area contributed by atoms with E-state index in [0.29, 0.717) is 29.4 Å². The number of aromatic nitrogens is 3. The fourth-order valence-electron chi connectivity index (χ4n) is 2.46. The van der Waals surface area contributed by atoms with Gasteiger partial charge >= 0.3 is 0 Å². The summed E-state index contributed by atoms with van der Waals surface area (Å²) in [6.45, 7) is 3.80. The second kappa shape index (κ2) is 8.18. The lowest BCUT2D eigenvalue weighted by atomic mass is 10.1. The Bertz CT molecular complexity index is 973. The van der Waals surface area contributed by atoms with Gasteiger partial charge < -0.3 is 10.6 Å². The van der Waals surface area contributed by atoms with Crippen LogP contribution < -0.4 is 10.6 Å². The first-order valence-corrected chi connectivity index (χ1v) is 8.42. The highest BCUT2D eigenvalue weighted by Gasteiger charge is 2.12. The van der Waals surface area contributed by atoms with Crippen molar-refractivity contribution in [3.05, 3.63) is 77.4 Å². The molecule has 0 spiro atoms. The van der Waals surface area contributed by atoms with Crippen molar-refractivity contribution in [3.8, 4) is 0 Å². The fourth-order valence-corrected chi connectivity index (χ4v) is 2.46. The third-order valence-electron chi connectivity index (χ3n) is 3.81. The maximum atomic E-state index is 12.6. The number of anilines is 2. The number of rotatable bonds is 6. The van der Waals surface area contributed by atoms with Gasteiger partial charge in [0, 0.05) is 35.9 Å². The van der Waals surface area contributed by atoms with Crippen molar-refractivity contribution in [1.29, 1.82) is 0 Å². The zero-order valence-corrected chi connectivity index (χ0v) is 15.1. The summed E-state index contributed by atoms with van der Waals surface area (Å²) in [6.07, 6.45) is 3.42. The van der Waals surface area contributed by atoms with Crippen LogP contribution in [0, 0.1) is 6.92 Å². The first-order valence-electron chi connectivity index (χ1n) is 8.42. The molecule has 2 heterocycles. The van der Waals surface area contributed by atoms with Crippen LogP contribution in [0.5, 0.6) is 0 Å². The van der Waals surface area contributed by atoms with Crippen molar-refractivity contribution < 1.29 is 9.59 Å². The van der Waals surface area contributed by atoms with E-state index in [1.165, 1.54) is 6.92 Å². The molecule has 1 aromatic carbocycles. The molecule has 7 nitrogen and oxygen atoms in total. The smallest absolute Gasteiger partial charge is 0.274 e. The molecule has 0 unspecified atom stereocenters. The minimum absolute atomic E-state index is 0.0634. The van der Waals surface area contributed by atoms with Crippen LogP contribution in [0.2, 0.25) is 0 Å². The van der Waals surface area contributed by atoms with Crippen molar-refractivity contribution in [2.24, 2.45) is 0 Å². The number of hydrogen-bond acceptors (Lipinski definition) is 6. The lowest BCUT2D eigenvalue weighted by Crippen LogP contribution is -2.16. The van der Waals surface area contributed by atoms with E-state index in [9.17, 15) is 9.59 Å². The molecule has 3 aromatic rings. The average Bonchev–Trinajstić information content (AvgIpc) is 2.67. The lowest BCUT2D eigenvalue weighted by molar-refractivity contribution is 0.100. The summed E-state index contributed by atoms with van der Waals surface area (Å²) >= 11 is 0. The van der Waals surface area contributed by atoms with Gasteiger partial charge in [0.25, 0.3) is 5.91 Å². The SMILES string of the molecule is CC(=O)c1cccc(NC(=O)c2cc(C)nc(NCc3ccncc3)n2)c1. The van der Waals surface area contributed by atoms with Gasteiger partial charge in [-0.15, -0.1) is 0 Å². The number of nitrogens with one attached hydrogen (secondary N) is 2. The number of carbonyl (C=O) groups excluding carboxylic acids is 2. The standard InChI is InChI=1S/C20H19N5O2/c1-13-10-18(19(27)24-17-5-3-4-16(11-17)14(2)26)25-20(23-13)22-12-15-6-8-21-9-7-15/h3-11H,12H2,1-2H3,(H,24,27)(H,22,23,25). The number of benzene rings is 1. The maximum absolute atomic E-state index is 12.6. The number of amides is 1. The molecule has 0 bridgehead atoms. The Balaban J connectivity index is 1.74. The Morgan fingerprint density at radius 2 is 1.81 bits per heavy atom. The number of carbonyl (C=O) groups is 2. The summed E-state index contributed by atoms with van der Waals surface area (Å²) in [5.41, 5.74) is 3.02. The van der Waals surface area contributed by atoms with Crippen LogP contribution in [0.3, 0.4) is 0 Å². The van der Waals surface area contributed by atoms with E-state index in [0.717, 1.165) is 5.56 Å². The summed E-state index contributed by atoms with van der Waals surface area (Å²) in [4.78, 5) is 36.6. The van der Waals surface area contributed by atoms with Crippen LogP contribution in [0.1, 0.15) is 39.0 Å². The predicted molar refractivity (Wildman–Crippen MR) is 103 cm³/mol. The van der Waals surface area contributed by atoms with Gasteiger partial charge in [-0.2, -0.15) is 0 Å². The van der Waals surface area contributed by atoms with E-state index in [2.05, 4.69) is 25.6 Å². The molecule has 0 fully saturated rings. The number of Topliss-reactive ketones (excluding diaryl/α,β-unsaturated/α-hetero) is 1. The van der Waals surface area contributed by atoms with Gasteiger partial charge in [0.1, 0.15) is 5.69 Å². The molecule has 2 N–H and O–H groups in total. The van der Waals surface area contributed by atoms with Crippen LogP contribution in [-0.2, 0) is 6.54 Å². The molecule has 0 aliphatic rings. The number of pyridine rings is 1. The zero-order valence-electron chi connectivity index (χ0n) is 15.1. The highest BCUT2D eigenvalue weighted by atomic mass is 16.2. The summed E-state index contributed by atoms with van der Waals surface area (Å²) in [5.74, 6) is -0.0609. The van der Waals surface area contributed by atoms with Crippen LogP contribution in [0.25, 0.3) is 0 Å². The molecule has 0 atom stereocenters. The summed E-state index contributed by atoms with van der Waals surface area (Å²) < 4.78 is 0. The normalized spacial score (nSPS) is 10.3. The predicted octanol–water partition coefficient (Wildman–Crippen LogP) is 3.25. The molecule has 136 valence electrons. The van der Waals surface area contributed by atoms with Crippen LogP contribution in [-0.4, -0.2) is 26.6 Å². The van der Waals surface area contributed by atoms with Crippen molar-refractivity contribution in [3.63, 3.8) is 0 Å². The molecule has 0 aliphatic heterocycles. The highest BCUT2D eigenvalue weighted by Crippen LogP contribution is 2.14. The Kier molecular flexibility index (Phi) is 5.51. The molecule has 2 aromatic heterocycles. The topological polar surface area (TPSA) is 96.9 Å². The molecular weight excluding hydrogens is 342 g/mol. The largest absolute Gasteiger partial charge is 0.350 e. The molecule has 0 saturated heterocycles. The number of aryl methyl sites for hydroxylation is 1. The van der Waals surface area contributed by atoms with Crippen molar-refractivity contribution >= 4 is 23.3 Å². The molecule has 0 radical (unpaired) electrons. The van der Waals surface area contributed by atoms with E-state index < -0.39 is 0 Å². The Labute approximate surface area is 156 Å². The molecule has 1 amide bonds. The first-order chi connectivity index (χ1) is 13.0. The Morgan fingerprint density at radius 3 is 2.56 bits per heavy atom. The van der Waals surface area contributed by atoms with Crippen LogP contribution >= 0.6 is 0 Å². The monoisotopic (exact) mass is 361 g/mol.